The number of carboxylic acid groups (broad SMARTS) is 1. The third-order valence-electron chi connectivity index (χ3n) is 2.90. The van der Waals surface area contributed by atoms with E-state index in [1.165, 1.54) is 0 Å². The number of rotatable bonds is 4. The minimum Gasteiger partial charge on any atom is -0.480 e. The van der Waals surface area contributed by atoms with Gasteiger partial charge in [0.15, 0.2) is 0 Å². The Balaban J connectivity index is 2.15. The maximum Gasteiger partial charge on any atom is 0.323 e. The molecular formula is C16H14N2O3. The van der Waals surface area contributed by atoms with Crippen LogP contribution >= 0.6 is 0 Å². The van der Waals surface area contributed by atoms with Gasteiger partial charge in [-0.25, -0.2) is 4.79 Å². The largest absolute Gasteiger partial charge is 0.480 e. The second-order valence-electron chi connectivity index (χ2n) is 4.45. The fraction of sp³-hybridized carbons (Fsp3) is 0.125. The van der Waals surface area contributed by atoms with Crippen molar-refractivity contribution >= 4 is 28.5 Å². The summed E-state index contributed by atoms with van der Waals surface area (Å²) >= 11 is 0. The van der Waals surface area contributed by atoms with Gasteiger partial charge in [-0.2, -0.15) is 0 Å². The second-order valence-corrected chi connectivity index (χ2v) is 4.45. The third-order valence-corrected chi connectivity index (χ3v) is 2.90. The number of nitrogens with one attached hydrogen (secondary N) is 1. The first-order chi connectivity index (χ1) is 10.1. The molecule has 2 rings (SSSR count). The van der Waals surface area contributed by atoms with Crippen LogP contribution < -0.4 is 5.32 Å². The van der Waals surface area contributed by atoms with E-state index in [1.54, 1.807) is 6.07 Å². The number of nitrogens with zero attached hydrogens (tertiary/aromatic N) is 1. The molecule has 106 valence electrons. The number of fused-ring (bicyclic) bond motifs is 1. The Bertz CT molecular complexity index is 719. The average molecular weight is 282 g/mol. The van der Waals surface area contributed by atoms with Gasteiger partial charge < -0.3 is 15.3 Å². The number of aliphatic carboxylic acids is 1. The zero-order chi connectivity index (χ0) is 15.2. The van der Waals surface area contributed by atoms with E-state index < -0.39 is 18.5 Å². The lowest BCUT2D eigenvalue weighted by molar-refractivity contribution is -0.137. The molecule has 0 heterocycles. The van der Waals surface area contributed by atoms with E-state index in [0.29, 0.717) is 5.69 Å². The highest BCUT2D eigenvalue weighted by atomic mass is 16.4. The van der Waals surface area contributed by atoms with Crippen LogP contribution in [0.3, 0.4) is 0 Å². The van der Waals surface area contributed by atoms with Crippen molar-refractivity contribution in [3.8, 4) is 12.3 Å². The molecule has 0 atom stereocenters. The van der Waals surface area contributed by atoms with Gasteiger partial charge >= 0.3 is 12.0 Å². The normalized spacial score (nSPS) is 9.86. The van der Waals surface area contributed by atoms with Crippen molar-refractivity contribution in [2.45, 2.75) is 0 Å². The van der Waals surface area contributed by atoms with E-state index >= 15 is 0 Å². The summed E-state index contributed by atoms with van der Waals surface area (Å²) in [5, 5.41) is 13.5. The number of hydrogen-bond acceptors (Lipinski definition) is 2. The number of carbonyl (C=O) groups excluding carboxylic acids is 1. The lowest BCUT2D eigenvalue weighted by Crippen LogP contribution is -2.39. The number of carbonyl (C=O) groups is 2. The zero-order valence-corrected chi connectivity index (χ0v) is 11.2. The van der Waals surface area contributed by atoms with Crippen molar-refractivity contribution in [2.24, 2.45) is 0 Å². The highest BCUT2D eigenvalue weighted by molar-refractivity contribution is 5.94. The van der Waals surface area contributed by atoms with Gasteiger partial charge in [0.1, 0.15) is 6.54 Å². The van der Waals surface area contributed by atoms with Gasteiger partial charge in [0, 0.05) is 5.69 Å². The van der Waals surface area contributed by atoms with Crippen LogP contribution in [0, 0.1) is 12.3 Å². The van der Waals surface area contributed by atoms with E-state index in [2.05, 4.69) is 11.2 Å². The highest BCUT2D eigenvalue weighted by Gasteiger charge is 2.15. The smallest absolute Gasteiger partial charge is 0.323 e. The molecule has 5 heteroatoms. The number of carboxylic acids is 1. The van der Waals surface area contributed by atoms with E-state index in [4.69, 9.17) is 11.5 Å². The van der Waals surface area contributed by atoms with Gasteiger partial charge in [-0.15, -0.1) is 6.42 Å². The fourth-order valence-electron chi connectivity index (χ4n) is 1.94. The maximum atomic E-state index is 12.0. The molecule has 2 aromatic carbocycles. The van der Waals surface area contributed by atoms with Crippen molar-refractivity contribution < 1.29 is 14.7 Å². The fourth-order valence-corrected chi connectivity index (χ4v) is 1.94. The molecule has 21 heavy (non-hydrogen) atoms. The van der Waals surface area contributed by atoms with Crippen molar-refractivity contribution in [1.29, 1.82) is 0 Å². The summed E-state index contributed by atoms with van der Waals surface area (Å²) in [4.78, 5) is 23.8. The topological polar surface area (TPSA) is 69.6 Å². The summed E-state index contributed by atoms with van der Waals surface area (Å²) in [5.74, 6) is 1.16. The molecule has 0 fully saturated rings. The number of terminal acetylenes is 1. The van der Waals surface area contributed by atoms with Crippen LogP contribution in [0.2, 0.25) is 0 Å². The Labute approximate surface area is 122 Å². The molecule has 0 unspecified atom stereocenters. The summed E-state index contributed by atoms with van der Waals surface area (Å²) in [7, 11) is 0. The second kappa shape index (κ2) is 6.44. The summed E-state index contributed by atoms with van der Waals surface area (Å²) in [6.45, 7) is -0.505. The Morgan fingerprint density at radius 3 is 2.57 bits per heavy atom. The first kappa shape index (κ1) is 14.4. The molecule has 2 aromatic rings. The van der Waals surface area contributed by atoms with E-state index in [9.17, 15) is 9.59 Å². The standard InChI is InChI=1S/C16H14N2O3/c1-2-9-18(11-15(19)20)16(21)17-14-8-7-12-5-3-4-6-13(12)10-14/h1,3-8,10H,9,11H2,(H,17,21)(H,19,20). The van der Waals surface area contributed by atoms with Crippen LogP contribution in [-0.2, 0) is 4.79 Å². The molecule has 5 nitrogen and oxygen atoms in total. The first-order valence-electron chi connectivity index (χ1n) is 6.30. The minimum atomic E-state index is -1.11. The lowest BCUT2D eigenvalue weighted by Gasteiger charge is -2.18. The number of hydrogen-bond donors (Lipinski definition) is 2. The number of anilines is 1. The molecule has 0 bridgehead atoms. The minimum absolute atomic E-state index is 0.0638. The summed E-state index contributed by atoms with van der Waals surface area (Å²) in [6, 6.07) is 12.7. The van der Waals surface area contributed by atoms with Crippen LogP contribution in [0.4, 0.5) is 10.5 Å². The van der Waals surface area contributed by atoms with Gasteiger partial charge in [-0.05, 0) is 22.9 Å². The Morgan fingerprint density at radius 1 is 1.19 bits per heavy atom. The summed E-state index contributed by atoms with van der Waals surface area (Å²) in [5.41, 5.74) is 0.589. The van der Waals surface area contributed by atoms with Gasteiger partial charge in [0.05, 0.1) is 6.54 Å². The van der Waals surface area contributed by atoms with Crippen LogP contribution in [0.15, 0.2) is 42.5 Å². The van der Waals surface area contributed by atoms with E-state index in [-0.39, 0.29) is 6.54 Å². The monoisotopic (exact) mass is 282 g/mol. The molecule has 0 aliphatic carbocycles. The van der Waals surface area contributed by atoms with Crippen LogP contribution in [-0.4, -0.2) is 35.1 Å². The Hall–Kier alpha value is -3.00. The predicted molar refractivity (Wildman–Crippen MR) is 81.0 cm³/mol. The Kier molecular flexibility index (Phi) is 4.42. The summed E-state index contributed by atoms with van der Waals surface area (Å²) < 4.78 is 0. The van der Waals surface area contributed by atoms with Crippen LogP contribution in [0.5, 0.6) is 0 Å². The van der Waals surface area contributed by atoms with Crippen molar-refractivity contribution in [2.75, 3.05) is 18.4 Å². The average Bonchev–Trinajstić information content (AvgIpc) is 2.46. The molecule has 0 radical (unpaired) electrons. The molecular weight excluding hydrogens is 268 g/mol. The van der Waals surface area contributed by atoms with Crippen molar-refractivity contribution in [3.05, 3.63) is 42.5 Å². The molecule has 0 spiro atoms. The SMILES string of the molecule is C#CCN(CC(=O)O)C(=O)Nc1ccc2ccccc2c1. The molecule has 0 saturated heterocycles. The van der Waals surface area contributed by atoms with E-state index in [0.717, 1.165) is 15.7 Å². The predicted octanol–water partition coefficient (Wildman–Crippen LogP) is 2.39. The molecule has 0 aliphatic rings. The maximum absolute atomic E-state index is 12.0. The molecule has 0 aliphatic heterocycles. The summed E-state index contributed by atoms with van der Waals surface area (Å²) in [6.07, 6.45) is 5.15. The number of urea groups is 1. The quantitative estimate of drug-likeness (QED) is 0.846. The number of benzene rings is 2. The van der Waals surface area contributed by atoms with Gasteiger partial charge in [-0.3, -0.25) is 4.79 Å². The third kappa shape index (κ3) is 3.74. The van der Waals surface area contributed by atoms with Gasteiger partial charge in [-0.1, -0.05) is 36.3 Å². The molecule has 0 aromatic heterocycles. The Morgan fingerprint density at radius 2 is 1.90 bits per heavy atom. The van der Waals surface area contributed by atoms with Crippen molar-refractivity contribution in [3.63, 3.8) is 0 Å². The van der Waals surface area contributed by atoms with Crippen LogP contribution in [0.1, 0.15) is 0 Å². The van der Waals surface area contributed by atoms with Crippen LogP contribution in [0.25, 0.3) is 10.8 Å². The zero-order valence-electron chi connectivity index (χ0n) is 11.2. The highest BCUT2D eigenvalue weighted by Crippen LogP contribution is 2.19. The van der Waals surface area contributed by atoms with E-state index in [1.807, 2.05) is 36.4 Å². The molecule has 2 amide bonds. The first-order valence-corrected chi connectivity index (χ1v) is 6.30. The molecule has 2 N–H and O–H groups in total. The molecule has 0 saturated carbocycles. The number of amides is 2. The van der Waals surface area contributed by atoms with Crippen molar-refractivity contribution in [1.82, 2.24) is 4.90 Å². The lowest BCUT2D eigenvalue weighted by atomic mass is 10.1. The van der Waals surface area contributed by atoms with Gasteiger partial charge in [0.2, 0.25) is 0 Å². The van der Waals surface area contributed by atoms with Gasteiger partial charge in [0.25, 0.3) is 0 Å².